The van der Waals surface area contributed by atoms with Gasteiger partial charge in [-0.2, -0.15) is 0 Å². The number of aromatic amines is 1. The van der Waals surface area contributed by atoms with Gasteiger partial charge in [0.25, 0.3) is 0 Å². The van der Waals surface area contributed by atoms with Crippen LogP contribution in [0.25, 0.3) is 17.0 Å². The van der Waals surface area contributed by atoms with Crippen LogP contribution in [0.5, 0.6) is 17.2 Å². The van der Waals surface area contributed by atoms with Crippen LogP contribution in [0.4, 0.5) is 0 Å². The predicted molar refractivity (Wildman–Crippen MR) is 121 cm³/mol. The van der Waals surface area contributed by atoms with Gasteiger partial charge >= 0.3 is 5.95 Å². The molecule has 4 aromatic rings. The summed E-state index contributed by atoms with van der Waals surface area (Å²) in [5, 5.41) is 0.729. The maximum Gasteiger partial charge on any atom is 0.402 e. The van der Waals surface area contributed by atoms with Gasteiger partial charge in [-0.1, -0.05) is 15.8 Å². The minimum Gasteiger partial charge on any atom is -1.00 e. The normalized spacial score (nSPS) is 11.7. The molecule has 1 aliphatic heterocycles. The summed E-state index contributed by atoms with van der Waals surface area (Å²) in [4.78, 5) is 16.7. The molecule has 0 spiro atoms. The topological polar surface area (TPSA) is 86.0 Å². The van der Waals surface area contributed by atoms with Crippen LogP contribution < -0.4 is 31.2 Å². The molecule has 0 saturated carbocycles. The number of hydrogen-bond acceptors (Lipinski definition) is 8. The highest BCUT2D eigenvalue weighted by molar-refractivity contribution is 8.76. The minimum atomic E-state index is 0. The molecule has 0 radical (unpaired) electrons. The summed E-state index contributed by atoms with van der Waals surface area (Å²) in [7, 11) is 4.88. The van der Waals surface area contributed by atoms with Crippen molar-refractivity contribution in [2.24, 2.45) is 0 Å². The molecule has 168 valence electrons. The first kappa shape index (κ1) is 24.2. The van der Waals surface area contributed by atoms with Crippen molar-refractivity contribution in [1.29, 1.82) is 0 Å². The number of rotatable bonds is 6. The molecule has 0 fully saturated rings. The van der Waals surface area contributed by atoms with Gasteiger partial charge in [0.2, 0.25) is 6.79 Å². The van der Waals surface area contributed by atoms with Crippen molar-refractivity contribution in [3.63, 3.8) is 0 Å². The van der Waals surface area contributed by atoms with Crippen molar-refractivity contribution in [3.05, 3.63) is 54.1 Å². The number of nitrogens with zero attached hydrogens (tertiary/aromatic N) is 4. The Bertz CT molecular complexity index is 1190. The zero-order chi connectivity index (χ0) is 20.5. The molecule has 5 rings (SSSR count). The number of imidazole rings is 1. The van der Waals surface area contributed by atoms with Crippen LogP contribution in [0.2, 0.25) is 0 Å². The van der Waals surface area contributed by atoms with E-state index in [1.165, 1.54) is 10.8 Å². The lowest BCUT2D eigenvalue weighted by atomic mass is 10.2. The van der Waals surface area contributed by atoms with Gasteiger partial charge in [-0.25, -0.2) is 19.5 Å². The molecule has 32 heavy (non-hydrogen) atoms. The SMILES string of the molecule is COc1cc[n+](-c2nc3cc4c(cc3[nH]2)OCO4)c(CSSc2ncccn2)c1C.Cl.[Cl-]. The summed E-state index contributed by atoms with van der Waals surface area (Å²) in [5.74, 6) is 3.71. The molecule has 0 amide bonds. The van der Waals surface area contributed by atoms with E-state index < -0.39 is 0 Å². The number of pyridine rings is 1. The number of fused-ring (bicyclic) bond motifs is 2. The van der Waals surface area contributed by atoms with E-state index in [1.807, 2.05) is 42.0 Å². The van der Waals surface area contributed by atoms with Crippen LogP contribution in [0.3, 0.4) is 0 Å². The summed E-state index contributed by atoms with van der Waals surface area (Å²) < 4.78 is 18.5. The summed E-state index contributed by atoms with van der Waals surface area (Å²) >= 11 is 0. The second-order valence-corrected chi connectivity index (χ2v) is 8.75. The molecule has 0 aliphatic carbocycles. The molecular formula is C20H19Cl2N5O3S2. The summed E-state index contributed by atoms with van der Waals surface area (Å²) in [5.41, 5.74) is 3.83. The van der Waals surface area contributed by atoms with Crippen LogP contribution in [0, 0.1) is 6.92 Å². The van der Waals surface area contributed by atoms with Crippen LogP contribution in [0.15, 0.2) is 48.0 Å². The molecule has 8 nitrogen and oxygen atoms in total. The third kappa shape index (κ3) is 4.68. The summed E-state index contributed by atoms with van der Waals surface area (Å²) in [6.07, 6.45) is 5.45. The van der Waals surface area contributed by atoms with Crippen molar-refractivity contribution in [1.82, 2.24) is 19.9 Å². The van der Waals surface area contributed by atoms with Gasteiger partial charge in [0.05, 0.1) is 19.1 Å². The highest BCUT2D eigenvalue weighted by Gasteiger charge is 2.24. The van der Waals surface area contributed by atoms with Crippen LogP contribution >= 0.6 is 34.0 Å². The van der Waals surface area contributed by atoms with E-state index >= 15 is 0 Å². The third-order valence-corrected chi connectivity index (χ3v) is 6.77. The Balaban J connectivity index is 0.00000144. The molecule has 1 N–H and O–H groups in total. The van der Waals surface area contributed by atoms with Crippen LogP contribution in [0.1, 0.15) is 11.3 Å². The number of hydrogen-bond donors (Lipinski definition) is 1. The molecule has 1 aliphatic rings. The third-order valence-electron chi connectivity index (χ3n) is 4.75. The van der Waals surface area contributed by atoms with E-state index in [2.05, 4.69) is 15.0 Å². The molecule has 12 heteroatoms. The lowest BCUT2D eigenvalue weighted by molar-refractivity contribution is -0.610. The monoisotopic (exact) mass is 511 g/mol. The van der Waals surface area contributed by atoms with Gasteiger partial charge in [-0.15, -0.1) is 12.4 Å². The number of ether oxygens (including phenoxy) is 3. The molecule has 1 aromatic carbocycles. The van der Waals surface area contributed by atoms with Gasteiger partial charge in [-0.05, 0) is 23.8 Å². The molecule has 0 atom stereocenters. The van der Waals surface area contributed by atoms with Gasteiger partial charge in [0.15, 0.2) is 22.2 Å². The fourth-order valence-electron chi connectivity index (χ4n) is 3.24. The smallest absolute Gasteiger partial charge is 0.402 e. The van der Waals surface area contributed by atoms with Crippen LogP contribution in [-0.4, -0.2) is 33.8 Å². The highest BCUT2D eigenvalue weighted by atomic mass is 35.5. The number of halogens is 2. The Morgan fingerprint density at radius 3 is 2.69 bits per heavy atom. The summed E-state index contributed by atoms with van der Waals surface area (Å²) in [6.45, 7) is 2.29. The van der Waals surface area contributed by atoms with E-state index in [9.17, 15) is 0 Å². The van der Waals surface area contributed by atoms with Gasteiger partial charge in [0.1, 0.15) is 17.0 Å². The summed E-state index contributed by atoms with van der Waals surface area (Å²) in [6, 6.07) is 7.56. The number of aromatic nitrogens is 5. The Kier molecular flexibility index (Phi) is 7.94. The zero-order valence-electron chi connectivity index (χ0n) is 17.1. The second-order valence-electron chi connectivity index (χ2n) is 6.49. The van der Waals surface area contributed by atoms with Gasteiger partial charge < -0.3 is 26.6 Å². The van der Waals surface area contributed by atoms with Crippen molar-refractivity contribution < 1.29 is 31.2 Å². The zero-order valence-corrected chi connectivity index (χ0v) is 20.3. The van der Waals surface area contributed by atoms with E-state index in [0.29, 0.717) is 11.5 Å². The average molecular weight is 512 g/mol. The van der Waals surface area contributed by atoms with E-state index in [-0.39, 0.29) is 31.6 Å². The van der Waals surface area contributed by atoms with Crippen molar-refractivity contribution in [2.45, 2.75) is 17.8 Å². The first-order chi connectivity index (χ1) is 14.7. The predicted octanol–water partition coefficient (Wildman–Crippen LogP) is 1.04. The Labute approximate surface area is 204 Å². The number of H-pyrrole nitrogens is 1. The minimum absolute atomic E-state index is 0. The Morgan fingerprint density at radius 2 is 1.94 bits per heavy atom. The van der Waals surface area contributed by atoms with Crippen LogP contribution in [-0.2, 0) is 5.75 Å². The standard InChI is InChI=1S/C20H18N5O3S2.2ClH/c1-12-15(10-29-30-20-21-5-3-6-22-20)25(7-4-16(12)26-2)19-23-13-8-17-18(28-11-27-17)9-14(13)24-19;;/h3-9H,10-11H2,1-2H3,(H,23,24);2*1H/q+1;;/p-1. The number of methoxy groups -OCH3 is 1. The molecule has 3 aromatic heterocycles. The lowest BCUT2D eigenvalue weighted by Gasteiger charge is -2.12. The molecule has 0 unspecified atom stereocenters. The largest absolute Gasteiger partial charge is 1.00 e. The van der Waals surface area contributed by atoms with E-state index in [0.717, 1.165) is 44.9 Å². The number of nitrogens with one attached hydrogen (secondary N) is 1. The quantitative estimate of drug-likeness (QED) is 0.233. The second kappa shape index (κ2) is 10.5. The first-order valence-corrected chi connectivity index (χ1v) is 11.5. The van der Waals surface area contributed by atoms with Gasteiger partial charge in [0, 0.05) is 36.2 Å². The Hall–Kier alpha value is -2.40. The van der Waals surface area contributed by atoms with E-state index in [4.69, 9.17) is 19.2 Å². The van der Waals surface area contributed by atoms with Crippen molar-refractivity contribution in [2.75, 3.05) is 13.9 Å². The van der Waals surface area contributed by atoms with E-state index in [1.54, 1.807) is 30.3 Å². The highest BCUT2D eigenvalue weighted by Crippen LogP contribution is 2.36. The Morgan fingerprint density at radius 1 is 1.19 bits per heavy atom. The molecule has 0 bridgehead atoms. The lowest BCUT2D eigenvalue weighted by Crippen LogP contribution is -3.00. The molecule has 4 heterocycles. The fraction of sp³-hybridized carbons (Fsp3) is 0.200. The molecular weight excluding hydrogens is 493 g/mol. The van der Waals surface area contributed by atoms with Crippen molar-refractivity contribution in [3.8, 4) is 23.2 Å². The van der Waals surface area contributed by atoms with Crippen molar-refractivity contribution >= 4 is 45.0 Å². The average Bonchev–Trinajstić information content (AvgIpc) is 3.39. The maximum atomic E-state index is 5.54. The maximum absolute atomic E-state index is 5.54. The fourth-order valence-corrected chi connectivity index (χ4v) is 5.17. The number of benzene rings is 1. The van der Waals surface area contributed by atoms with Gasteiger partial charge in [-0.3, -0.25) is 0 Å². The molecule has 0 saturated heterocycles. The first-order valence-electron chi connectivity index (χ1n) is 9.17.